The van der Waals surface area contributed by atoms with E-state index in [0.29, 0.717) is 6.54 Å². The van der Waals surface area contributed by atoms with Gasteiger partial charge >= 0.3 is 0 Å². The molecule has 1 atom stereocenters. The molecule has 0 aliphatic carbocycles. The highest BCUT2D eigenvalue weighted by molar-refractivity contribution is 7.09. The second-order valence-electron chi connectivity index (χ2n) is 4.94. The van der Waals surface area contributed by atoms with Crippen molar-refractivity contribution in [1.29, 1.82) is 0 Å². The van der Waals surface area contributed by atoms with Gasteiger partial charge in [0.25, 0.3) is 0 Å². The number of amides is 2. The van der Waals surface area contributed by atoms with Crippen LogP contribution in [-0.2, 0) is 16.1 Å². The molecular weight excluding hydrogens is 286 g/mol. The van der Waals surface area contributed by atoms with Gasteiger partial charge in [-0.15, -0.1) is 11.3 Å². The summed E-state index contributed by atoms with van der Waals surface area (Å²) in [6.45, 7) is 2.33. The van der Waals surface area contributed by atoms with Gasteiger partial charge in [-0.3, -0.25) is 9.59 Å². The summed E-state index contributed by atoms with van der Waals surface area (Å²) in [4.78, 5) is 30.4. The largest absolute Gasteiger partial charge is 0.345 e. The molecule has 1 fully saturated rings. The van der Waals surface area contributed by atoms with Gasteiger partial charge in [-0.25, -0.2) is 4.98 Å². The van der Waals surface area contributed by atoms with E-state index >= 15 is 0 Å². The molecule has 1 aliphatic heterocycles. The molecule has 3 rings (SSSR count). The number of nitrogens with one attached hydrogen (secondary N) is 1. The van der Waals surface area contributed by atoms with Crippen LogP contribution in [-0.4, -0.2) is 28.2 Å². The normalized spacial score (nSPS) is 18.7. The van der Waals surface area contributed by atoms with Crippen LogP contribution in [0.5, 0.6) is 0 Å². The first-order valence-electron chi connectivity index (χ1n) is 6.68. The average molecular weight is 301 g/mol. The van der Waals surface area contributed by atoms with Crippen molar-refractivity contribution in [1.82, 2.24) is 15.2 Å². The zero-order chi connectivity index (χ0) is 14.8. The molecule has 1 aromatic carbocycles. The number of benzene rings is 1. The van der Waals surface area contributed by atoms with Gasteiger partial charge in [-0.2, -0.15) is 0 Å². The Balaban J connectivity index is 1.92. The van der Waals surface area contributed by atoms with E-state index in [1.54, 1.807) is 4.90 Å². The third-order valence-corrected chi connectivity index (χ3v) is 4.33. The number of carbonyl (C=O) groups is 2. The Morgan fingerprint density at radius 1 is 1.33 bits per heavy atom. The van der Waals surface area contributed by atoms with Gasteiger partial charge in [-0.05, 0) is 12.5 Å². The van der Waals surface area contributed by atoms with Crippen molar-refractivity contribution >= 4 is 23.2 Å². The Morgan fingerprint density at radius 3 is 2.76 bits per heavy atom. The number of rotatable bonds is 3. The number of nitrogens with zero attached hydrogens (tertiary/aromatic N) is 2. The summed E-state index contributed by atoms with van der Waals surface area (Å²) in [7, 11) is 0. The fraction of sp³-hybridized carbons (Fsp3) is 0.267. The van der Waals surface area contributed by atoms with Crippen LogP contribution < -0.4 is 5.32 Å². The molecule has 0 spiro atoms. The highest BCUT2D eigenvalue weighted by Crippen LogP contribution is 2.26. The molecule has 0 bridgehead atoms. The van der Waals surface area contributed by atoms with Crippen LogP contribution in [0, 0.1) is 6.92 Å². The topological polar surface area (TPSA) is 62.3 Å². The molecule has 0 radical (unpaired) electrons. The number of carbonyl (C=O) groups excluding carboxylic acids is 2. The van der Waals surface area contributed by atoms with Crippen LogP contribution in [0.25, 0.3) is 0 Å². The number of hydrogen-bond donors (Lipinski definition) is 1. The lowest BCUT2D eigenvalue weighted by molar-refractivity contribution is -0.146. The molecule has 1 unspecified atom stereocenters. The van der Waals surface area contributed by atoms with Crippen molar-refractivity contribution in [2.24, 2.45) is 0 Å². The van der Waals surface area contributed by atoms with Crippen molar-refractivity contribution < 1.29 is 9.59 Å². The predicted octanol–water partition coefficient (Wildman–Crippen LogP) is 1.65. The Hall–Kier alpha value is -2.21. The molecule has 0 saturated carbocycles. The Bertz CT molecular complexity index is 669. The number of piperazine rings is 1. The van der Waals surface area contributed by atoms with Crippen molar-refractivity contribution in [2.45, 2.75) is 19.5 Å². The number of thiazole rings is 1. The van der Waals surface area contributed by atoms with Crippen molar-refractivity contribution in [2.75, 3.05) is 6.54 Å². The second kappa shape index (κ2) is 5.65. The van der Waals surface area contributed by atoms with Crippen LogP contribution in [0.4, 0.5) is 0 Å². The van der Waals surface area contributed by atoms with Gasteiger partial charge < -0.3 is 10.2 Å². The Morgan fingerprint density at radius 2 is 2.10 bits per heavy atom. The van der Waals surface area contributed by atoms with Gasteiger partial charge in [0.15, 0.2) is 0 Å². The molecule has 2 amide bonds. The van der Waals surface area contributed by atoms with E-state index in [-0.39, 0.29) is 18.4 Å². The minimum Gasteiger partial charge on any atom is -0.345 e. The monoisotopic (exact) mass is 301 g/mol. The molecule has 108 valence electrons. The second-order valence-corrected chi connectivity index (χ2v) is 5.88. The first-order valence-corrected chi connectivity index (χ1v) is 7.56. The molecule has 1 aromatic heterocycles. The quantitative estimate of drug-likeness (QED) is 0.937. The smallest absolute Gasteiger partial charge is 0.247 e. The van der Waals surface area contributed by atoms with Gasteiger partial charge in [0.2, 0.25) is 11.8 Å². The minimum atomic E-state index is -0.586. The van der Waals surface area contributed by atoms with Gasteiger partial charge in [-0.1, -0.05) is 30.3 Å². The number of aryl methyl sites for hydroxylation is 1. The molecule has 6 heteroatoms. The molecule has 1 saturated heterocycles. The zero-order valence-corrected chi connectivity index (χ0v) is 12.4. The van der Waals surface area contributed by atoms with Crippen LogP contribution in [0.1, 0.15) is 22.3 Å². The Labute approximate surface area is 126 Å². The summed E-state index contributed by atoms with van der Waals surface area (Å²) in [6, 6.07) is 8.77. The van der Waals surface area contributed by atoms with Crippen LogP contribution in [0.3, 0.4) is 0 Å². The highest BCUT2D eigenvalue weighted by Gasteiger charge is 2.35. The third-order valence-electron chi connectivity index (χ3n) is 3.38. The number of aromatic nitrogens is 1. The lowest BCUT2D eigenvalue weighted by Crippen LogP contribution is -2.53. The maximum Gasteiger partial charge on any atom is 0.247 e. The summed E-state index contributed by atoms with van der Waals surface area (Å²) >= 11 is 1.51. The minimum absolute atomic E-state index is 0.0481. The molecule has 2 aromatic rings. The summed E-state index contributed by atoms with van der Waals surface area (Å²) in [5.74, 6) is -0.231. The standard InChI is InChI=1S/C15H15N3O2S/c1-10-9-21-12(17-10)8-18-13(19)7-16-15(20)14(18)11-5-3-2-4-6-11/h2-6,9,14H,7-8H2,1H3,(H,16,20). The van der Waals surface area contributed by atoms with Gasteiger partial charge in [0.1, 0.15) is 11.0 Å². The van der Waals surface area contributed by atoms with Crippen LogP contribution >= 0.6 is 11.3 Å². The maximum atomic E-state index is 12.2. The molecule has 5 nitrogen and oxygen atoms in total. The van der Waals surface area contributed by atoms with Crippen LogP contribution in [0.15, 0.2) is 35.7 Å². The van der Waals surface area contributed by atoms with E-state index < -0.39 is 6.04 Å². The van der Waals surface area contributed by atoms with Crippen LogP contribution in [0.2, 0.25) is 0 Å². The average Bonchev–Trinajstić information content (AvgIpc) is 2.89. The first kappa shape index (κ1) is 13.8. The summed E-state index contributed by atoms with van der Waals surface area (Å²) in [6.07, 6.45) is 0. The van der Waals surface area contributed by atoms with Crippen molar-refractivity contribution in [3.8, 4) is 0 Å². The maximum absolute atomic E-state index is 12.2. The molecule has 2 heterocycles. The predicted molar refractivity (Wildman–Crippen MR) is 79.6 cm³/mol. The fourth-order valence-electron chi connectivity index (χ4n) is 2.41. The number of hydrogen-bond acceptors (Lipinski definition) is 4. The van der Waals surface area contributed by atoms with E-state index in [0.717, 1.165) is 16.3 Å². The summed E-state index contributed by atoms with van der Waals surface area (Å²) < 4.78 is 0. The molecule has 1 N–H and O–H groups in total. The van der Waals surface area contributed by atoms with E-state index in [4.69, 9.17) is 0 Å². The molecule has 1 aliphatic rings. The van der Waals surface area contributed by atoms with Gasteiger partial charge in [0, 0.05) is 11.1 Å². The van der Waals surface area contributed by atoms with Gasteiger partial charge in [0.05, 0.1) is 13.1 Å². The van der Waals surface area contributed by atoms with E-state index in [2.05, 4.69) is 10.3 Å². The van der Waals surface area contributed by atoms with Crippen molar-refractivity contribution in [3.05, 3.63) is 52.0 Å². The first-order chi connectivity index (χ1) is 10.1. The van der Waals surface area contributed by atoms with Crippen molar-refractivity contribution in [3.63, 3.8) is 0 Å². The lowest BCUT2D eigenvalue weighted by Gasteiger charge is -2.34. The Kier molecular flexibility index (Phi) is 3.70. The third kappa shape index (κ3) is 2.80. The fourth-order valence-corrected chi connectivity index (χ4v) is 3.18. The lowest BCUT2D eigenvalue weighted by atomic mass is 10.0. The van der Waals surface area contributed by atoms with E-state index in [9.17, 15) is 9.59 Å². The highest BCUT2D eigenvalue weighted by atomic mass is 32.1. The summed E-state index contributed by atoms with van der Waals surface area (Å²) in [5.41, 5.74) is 1.75. The molecular formula is C15H15N3O2S. The van der Waals surface area contributed by atoms with E-state index in [1.807, 2.05) is 42.6 Å². The SMILES string of the molecule is Cc1csc(CN2C(=O)CNC(=O)C2c2ccccc2)n1. The molecule has 21 heavy (non-hydrogen) atoms. The zero-order valence-electron chi connectivity index (χ0n) is 11.6. The van der Waals surface area contributed by atoms with E-state index in [1.165, 1.54) is 11.3 Å². The summed E-state index contributed by atoms with van der Waals surface area (Å²) in [5, 5.41) is 5.44.